The summed E-state index contributed by atoms with van der Waals surface area (Å²) in [5, 5.41) is 3.62. The highest BCUT2D eigenvalue weighted by molar-refractivity contribution is 7.89. The second-order valence-corrected chi connectivity index (χ2v) is 14.5. The van der Waals surface area contributed by atoms with Crippen molar-refractivity contribution in [2.45, 2.75) is 76.4 Å². The molecule has 1 aliphatic heterocycles. The zero-order chi connectivity index (χ0) is 32.3. The lowest BCUT2D eigenvalue weighted by Crippen LogP contribution is -2.50. The maximum Gasteiger partial charge on any atom is 0.404 e. The minimum absolute atomic E-state index is 0.0350. The first-order chi connectivity index (χ1) is 21.4. The molecule has 246 valence electrons. The van der Waals surface area contributed by atoms with Gasteiger partial charge < -0.3 is 25.7 Å². The fraction of sp³-hybridized carbons (Fsp3) is 0.613. The van der Waals surface area contributed by atoms with Crippen LogP contribution in [0.4, 0.5) is 14.9 Å². The molecule has 1 aromatic carbocycles. The van der Waals surface area contributed by atoms with Gasteiger partial charge in [0.1, 0.15) is 24.5 Å². The molecule has 1 saturated heterocycles. The third kappa shape index (κ3) is 7.77. The van der Waals surface area contributed by atoms with Gasteiger partial charge in [-0.3, -0.25) is 14.4 Å². The normalized spacial score (nSPS) is 25.1. The minimum atomic E-state index is -3.74. The number of rotatable bonds is 9. The molecule has 45 heavy (non-hydrogen) atoms. The summed E-state index contributed by atoms with van der Waals surface area (Å²) in [7, 11) is -3.74. The van der Waals surface area contributed by atoms with Crippen LogP contribution in [-0.4, -0.2) is 73.7 Å². The van der Waals surface area contributed by atoms with Crippen LogP contribution >= 0.6 is 0 Å². The van der Waals surface area contributed by atoms with Crippen LogP contribution in [-0.2, 0) is 24.3 Å². The Bertz CT molecular complexity index is 1530. The van der Waals surface area contributed by atoms with Crippen LogP contribution in [0.1, 0.15) is 74.7 Å². The van der Waals surface area contributed by atoms with Crippen LogP contribution in [0.3, 0.4) is 0 Å². The van der Waals surface area contributed by atoms with Crippen molar-refractivity contribution in [3.8, 4) is 0 Å². The third-order valence-corrected chi connectivity index (χ3v) is 10.3. The molecule has 0 bridgehead atoms. The Morgan fingerprint density at radius 2 is 1.76 bits per heavy atom. The SMILES string of the molecule is CS(=O)(=O)NC(=O)c1cc2cc(NC(=O)[C@@H]3[C@H](C4CCCCC4)CCN3C(=O)C3CCC([C@@H](CF)OC(N)=O)CC3)ccc2[nH]1. The number of halogens is 1. The van der Waals surface area contributed by atoms with Crippen molar-refractivity contribution >= 4 is 50.4 Å². The van der Waals surface area contributed by atoms with E-state index in [0.717, 1.165) is 38.4 Å². The van der Waals surface area contributed by atoms with Gasteiger partial charge in [-0.25, -0.2) is 22.3 Å². The molecule has 5 rings (SSSR count). The monoisotopic (exact) mass is 647 g/mol. The molecule has 1 aromatic heterocycles. The van der Waals surface area contributed by atoms with Crippen molar-refractivity contribution in [1.82, 2.24) is 14.6 Å². The lowest BCUT2D eigenvalue weighted by atomic mass is 9.76. The van der Waals surface area contributed by atoms with E-state index in [1.165, 1.54) is 12.5 Å². The molecule has 0 unspecified atom stereocenters. The van der Waals surface area contributed by atoms with Crippen LogP contribution in [0.2, 0.25) is 0 Å². The highest BCUT2D eigenvalue weighted by Gasteiger charge is 2.47. The van der Waals surface area contributed by atoms with Crippen molar-refractivity contribution in [3.05, 3.63) is 30.0 Å². The van der Waals surface area contributed by atoms with Crippen LogP contribution in [0.15, 0.2) is 24.3 Å². The van der Waals surface area contributed by atoms with Crippen molar-refractivity contribution < 1.29 is 36.7 Å². The number of amides is 4. The van der Waals surface area contributed by atoms with Gasteiger partial charge in [0, 0.05) is 29.1 Å². The van der Waals surface area contributed by atoms with Crippen molar-refractivity contribution in [2.75, 3.05) is 24.8 Å². The first kappa shape index (κ1) is 32.7. The van der Waals surface area contributed by atoms with Gasteiger partial charge >= 0.3 is 6.09 Å². The number of sulfonamides is 1. The number of primary amides is 1. The minimum Gasteiger partial charge on any atom is -0.443 e. The quantitative estimate of drug-likeness (QED) is 0.319. The van der Waals surface area contributed by atoms with Gasteiger partial charge in [0.05, 0.1) is 6.26 Å². The van der Waals surface area contributed by atoms with Gasteiger partial charge in [0.25, 0.3) is 5.91 Å². The van der Waals surface area contributed by atoms with Gasteiger partial charge in [0.2, 0.25) is 21.8 Å². The predicted octanol–water partition coefficient (Wildman–Crippen LogP) is 3.83. The maximum atomic E-state index is 14.0. The van der Waals surface area contributed by atoms with Crippen molar-refractivity contribution in [1.29, 1.82) is 0 Å². The Hall–Kier alpha value is -3.68. The maximum absolute atomic E-state index is 14.0. The number of alkyl halides is 1. The Kier molecular flexibility index (Phi) is 10.00. The molecule has 0 spiro atoms. The molecule has 3 atom stereocenters. The van der Waals surface area contributed by atoms with E-state index in [1.807, 2.05) is 4.72 Å². The first-order valence-electron chi connectivity index (χ1n) is 15.7. The molecule has 5 N–H and O–H groups in total. The molecule has 2 aromatic rings. The Morgan fingerprint density at radius 1 is 1.04 bits per heavy atom. The number of fused-ring (bicyclic) bond motifs is 1. The van der Waals surface area contributed by atoms with Gasteiger partial charge in [-0.2, -0.15) is 0 Å². The summed E-state index contributed by atoms with van der Waals surface area (Å²) in [6, 6.07) is 5.98. The largest absolute Gasteiger partial charge is 0.443 e. The number of nitrogens with one attached hydrogen (secondary N) is 3. The number of aromatic nitrogens is 1. The topological polar surface area (TPSA) is 181 Å². The van der Waals surface area contributed by atoms with E-state index in [0.29, 0.717) is 54.7 Å². The fourth-order valence-electron chi connectivity index (χ4n) is 7.60. The zero-order valence-electron chi connectivity index (χ0n) is 25.4. The Balaban J connectivity index is 1.31. The zero-order valence-corrected chi connectivity index (χ0v) is 26.2. The molecule has 14 heteroatoms. The molecular formula is C31H42FN5O7S. The predicted molar refractivity (Wildman–Crippen MR) is 165 cm³/mol. The van der Waals surface area contributed by atoms with Gasteiger partial charge in [-0.15, -0.1) is 0 Å². The van der Waals surface area contributed by atoms with E-state index in [-0.39, 0.29) is 35.3 Å². The summed E-state index contributed by atoms with van der Waals surface area (Å²) >= 11 is 0. The first-order valence-corrected chi connectivity index (χ1v) is 17.6. The van der Waals surface area contributed by atoms with E-state index in [2.05, 4.69) is 10.3 Å². The Labute approximate surface area is 262 Å². The summed E-state index contributed by atoms with van der Waals surface area (Å²) in [5.74, 6) is -1.24. The fourth-order valence-corrected chi connectivity index (χ4v) is 8.05. The van der Waals surface area contributed by atoms with Crippen LogP contribution in [0, 0.1) is 23.7 Å². The van der Waals surface area contributed by atoms with E-state index in [1.54, 1.807) is 23.1 Å². The summed E-state index contributed by atoms with van der Waals surface area (Å²) in [4.78, 5) is 56.1. The third-order valence-electron chi connectivity index (χ3n) is 9.73. The summed E-state index contributed by atoms with van der Waals surface area (Å²) in [6.07, 6.45) is 7.24. The molecule has 2 saturated carbocycles. The smallest absolute Gasteiger partial charge is 0.404 e. The second kappa shape index (κ2) is 13.8. The number of H-pyrrole nitrogens is 1. The standard InChI is InChI=1S/C31H42FN5O7S/c1-45(42,43)36-28(38)25-16-21-15-22(11-12-24(21)35-25)34-29(39)27-23(18-5-3-2-4-6-18)13-14-37(27)30(40)20-9-7-19(8-10-20)26(17-32)44-31(33)41/h11-12,15-16,18-20,23,26-27,35H,2-10,13-14,17H2,1H3,(H2,33,41)(H,34,39)(H,36,38)/t19?,20?,23-,26+,27-/m0/s1. The number of carbonyl (C=O) groups excluding carboxylic acids is 4. The molecule has 3 aliphatic rings. The van der Waals surface area contributed by atoms with Crippen LogP contribution in [0.5, 0.6) is 0 Å². The molecular weight excluding hydrogens is 605 g/mol. The van der Waals surface area contributed by atoms with Crippen molar-refractivity contribution in [2.24, 2.45) is 29.4 Å². The lowest BCUT2D eigenvalue weighted by Gasteiger charge is -2.37. The number of carbonyl (C=O) groups is 4. The highest BCUT2D eigenvalue weighted by Crippen LogP contribution is 2.41. The average molecular weight is 648 g/mol. The molecule has 4 amide bonds. The van der Waals surface area contributed by atoms with E-state index < -0.39 is 40.8 Å². The van der Waals surface area contributed by atoms with Gasteiger partial charge in [0.15, 0.2) is 0 Å². The highest BCUT2D eigenvalue weighted by atomic mass is 32.2. The summed E-state index contributed by atoms with van der Waals surface area (Å²) in [5.41, 5.74) is 6.26. The summed E-state index contributed by atoms with van der Waals surface area (Å²) in [6.45, 7) is -0.334. The van der Waals surface area contributed by atoms with E-state index >= 15 is 0 Å². The number of ether oxygens (including phenoxy) is 1. The average Bonchev–Trinajstić information content (AvgIpc) is 3.64. The second-order valence-electron chi connectivity index (χ2n) is 12.7. The number of aromatic amines is 1. The van der Waals surface area contributed by atoms with Crippen LogP contribution < -0.4 is 15.8 Å². The molecule has 12 nitrogen and oxygen atoms in total. The van der Waals surface area contributed by atoms with Crippen molar-refractivity contribution in [3.63, 3.8) is 0 Å². The summed E-state index contributed by atoms with van der Waals surface area (Å²) < 4.78 is 43.4. The number of hydrogen-bond acceptors (Lipinski definition) is 7. The Morgan fingerprint density at radius 3 is 2.40 bits per heavy atom. The van der Waals surface area contributed by atoms with Crippen LogP contribution in [0.25, 0.3) is 10.9 Å². The number of hydrogen-bond donors (Lipinski definition) is 4. The molecule has 3 fully saturated rings. The number of nitrogens with zero attached hydrogens (tertiary/aromatic N) is 1. The molecule has 2 aliphatic carbocycles. The van der Waals surface area contributed by atoms with E-state index in [9.17, 15) is 32.0 Å². The number of likely N-dealkylation sites (tertiary alicyclic amines) is 1. The van der Waals surface area contributed by atoms with Gasteiger partial charge in [-0.05, 0) is 74.1 Å². The number of nitrogens with two attached hydrogens (primary N) is 1. The number of anilines is 1. The molecule has 2 heterocycles. The number of benzene rings is 1. The van der Waals surface area contributed by atoms with Gasteiger partial charge in [-0.1, -0.05) is 32.1 Å². The van der Waals surface area contributed by atoms with E-state index in [4.69, 9.17) is 10.5 Å². The lowest BCUT2D eigenvalue weighted by molar-refractivity contribution is -0.142. The molecule has 0 radical (unpaired) electrons.